The van der Waals surface area contributed by atoms with Crippen molar-refractivity contribution in [1.82, 2.24) is 25.1 Å². The maximum Gasteiger partial charge on any atom is 0.343 e. The lowest BCUT2D eigenvalue weighted by molar-refractivity contribution is 0.551. The third kappa shape index (κ3) is 4.18. The number of hydrogen-bond acceptors (Lipinski definition) is 5. The summed E-state index contributed by atoms with van der Waals surface area (Å²) in [6, 6.07) is 2.12. The molecule has 0 amide bonds. The number of rotatable bonds is 6. The average molecular weight is 307 g/mol. The fourth-order valence-corrected chi connectivity index (χ4v) is 2.65. The molecule has 0 fully saturated rings. The Bertz CT molecular complexity index is 662. The maximum absolute atomic E-state index is 11.3. The summed E-state index contributed by atoms with van der Waals surface area (Å²) >= 11 is 1.39. The first-order chi connectivity index (χ1) is 9.97. The lowest BCUT2D eigenvalue weighted by Gasteiger charge is -2.09. The van der Waals surface area contributed by atoms with Crippen molar-refractivity contribution >= 4 is 11.8 Å². The molecule has 0 saturated carbocycles. The Hall–Kier alpha value is -1.60. The Balaban J connectivity index is 2.05. The van der Waals surface area contributed by atoms with E-state index in [0.29, 0.717) is 11.1 Å². The second kappa shape index (κ2) is 6.91. The molecule has 0 unspecified atom stereocenters. The zero-order chi connectivity index (χ0) is 15.4. The van der Waals surface area contributed by atoms with Gasteiger partial charge in [0.25, 0.3) is 0 Å². The van der Waals surface area contributed by atoms with Crippen LogP contribution in [0.5, 0.6) is 0 Å². The van der Waals surface area contributed by atoms with Gasteiger partial charge in [0.15, 0.2) is 5.16 Å². The summed E-state index contributed by atoms with van der Waals surface area (Å²) in [4.78, 5) is 15.8. The van der Waals surface area contributed by atoms with Gasteiger partial charge < -0.3 is 5.32 Å². The van der Waals surface area contributed by atoms with Crippen molar-refractivity contribution in [1.29, 1.82) is 0 Å². The Kier molecular flexibility index (Phi) is 5.19. The molecule has 0 aromatic carbocycles. The Morgan fingerprint density at radius 1 is 1.48 bits per heavy atom. The van der Waals surface area contributed by atoms with Gasteiger partial charge in [-0.2, -0.15) is 0 Å². The van der Waals surface area contributed by atoms with Crippen LogP contribution in [0.2, 0.25) is 0 Å². The monoisotopic (exact) mass is 307 g/mol. The van der Waals surface area contributed by atoms with Crippen molar-refractivity contribution in [3.8, 4) is 0 Å². The topological polar surface area (TPSA) is 75.6 Å². The highest BCUT2D eigenvalue weighted by Crippen LogP contribution is 2.25. The fraction of sp³-hybridized carbons (Fsp3) is 0.500. The van der Waals surface area contributed by atoms with Gasteiger partial charge in [-0.3, -0.25) is 4.57 Å². The molecule has 114 valence electrons. The summed E-state index contributed by atoms with van der Waals surface area (Å²) in [6.45, 7) is 8.20. The van der Waals surface area contributed by atoms with Crippen molar-refractivity contribution in [3.05, 3.63) is 33.9 Å². The largest absolute Gasteiger partial charge is 0.343 e. The van der Waals surface area contributed by atoms with Crippen molar-refractivity contribution in [2.45, 2.75) is 37.5 Å². The van der Waals surface area contributed by atoms with E-state index in [1.54, 1.807) is 7.05 Å². The SMILES string of the molecule is Cc1cc(CNCC(C)C)cnc1Sc1n[nH]c(=O)n1C. The average Bonchev–Trinajstić information content (AvgIpc) is 2.73. The van der Waals surface area contributed by atoms with Crippen molar-refractivity contribution in [3.63, 3.8) is 0 Å². The molecule has 0 aliphatic carbocycles. The van der Waals surface area contributed by atoms with Crippen LogP contribution >= 0.6 is 11.8 Å². The highest BCUT2D eigenvalue weighted by molar-refractivity contribution is 7.99. The van der Waals surface area contributed by atoms with Crippen LogP contribution in [0, 0.1) is 12.8 Å². The molecule has 7 heteroatoms. The van der Waals surface area contributed by atoms with E-state index in [2.05, 4.69) is 40.4 Å². The molecular formula is C14H21N5OS. The molecule has 2 aromatic rings. The molecule has 0 atom stereocenters. The molecule has 0 bridgehead atoms. The van der Waals surface area contributed by atoms with E-state index >= 15 is 0 Å². The summed E-state index contributed by atoms with van der Waals surface area (Å²) in [5.41, 5.74) is 2.03. The van der Waals surface area contributed by atoms with Gasteiger partial charge in [0.2, 0.25) is 0 Å². The number of H-pyrrole nitrogens is 1. The van der Waals surface area contributed by atoms with Gasteiger partial charge in [0.05, 0.1) is 0 Å². The molecule has 2 rings (SSSR count). The predicted molar refractivity (Wildman–Crippen MR) is 83.5 cm³/mol. The summed E-state index contributed by atoms with van der Waals surface area (Å²) in [5, 5.41) is 11.3. The quantitative estimate of drug-likeness (QED) is 0.849. The highest BCUT2D eigenvalue weighted by Gasteiger charge is 2.10. The second-order valence-corrected chi connectivity index (χ2v) is 6.42. The van der Waals surface area contributed by atoms with Crippen molar-refractivity contribution in [2.75, 3.05) is 6.54 Å². The van der Waals surface area contributed by atoms with Gasteiger partial charge in [0, 0.05) is 19.8 Å². The van der Waals surface area contributed by atoms with E-state index in [1.807, 2.05) is 13.1 Å². The number of aryl methyl sites for hydroxylation is 1. The van der Waals surface area contributed by atoms with Crippen LogP contribution in [0.15, 0.2) is 27.2 Å². The number of pyridine rings is 1. The number of nitrogens with zero attached hydrogens (tertiary/aromatic N) is 3. The molecule has 0 radical (unpaired) electrons. The van der Waals surface area contributed by atoms with Gasteiger partial charge in [-0.15, -0.1) is 5.10 Å². The van der Waals surface area contributed by atoms with E-state index in [9.17, 15) is 4.79 Å². The molecule has 0 spiro atoms. The molecule has 21 heavy (non-hydrogen) atoms. The lowest BCUT2D eigenvalue weighted by Crippen LogP contribution is -2.19. The molecule has 0 saturated heterocycles. The summed E-state index contributed by atoms with van der Waals surface area (Å²) in [5.74, 6) is 0.634. The van der Waals surface area contributed by atoms with Crippen LogP contribution in [-0.4, -0.2) is 26.3 Å². The Morgan fingerprint density at radius 2 is 2.24 bits per heavy atom. The normalized spacial score (nSPS) is 11.3. The maximum atomic E-state index is 11.3. The van der Waals surface area contributed by atoms with Gasteiger partial charge in [-0.05, 0) is 42.3 Å². The van der Waals surface area contributed by atoms with Gasteiger partial charge >= 0.3 is 5.69 Å². The first-order valence-corrected chi connectivity index (χ1v) is 7.74. The smallest absolute Gasteiger partial charge is 0.312 e. The summed E-state index contributed by atoms with van der Waals surface area (Å²) < 4.78 is 1.48. The van der Waals surface area contributed by atoms with Crippen LogP contribution in [0.3, 0.4) is 0 Å². The van der Waals surface area contributed by atoms with Crippen molar-refractivity contribution < 1.29 is 0 Å². The van der Waals surface area contributed by atoms with Gasteiger partial charge in [-0.1, -0.05) is 19.9 Å². The molecule has 2 aromatic heterocycles. The van der Waals surface area contributed by atoms with Crippen LogP contribution in [0.1, 0.15) is 25.0 Å². The number of nitrogens with one attached hydrogen (secondary N) is 2. The third-order valence-corrected chi connectivity index (χ3v) is 4.16. The number of aromatic amines is 1. The van der Waals surface area contributed by atoms with Crippen LogP contribution < -0.4 is 11.0 Å². The molecule has 6 nitrogen and oxygen atoms in total. The molecule has 2 N–H and O–H groups in total. The lowest BCUT2D eigenvalue weighted by atomic mass is 10.2. The number of aromatic nitrogens is 4. The Morgan fingerprint density at radius 3 is 2.81 bits per heavy atom. The van der Waals surface area contributed by atoms with E-state index < -0.39 is 0 Å². The second-order valence-electron chi connectivity index (χ2n) is 5.46. The molecule has 0 aliphatic heterocycles. The minimum absolute atomic E-state index is 0.218. The van der Waals surface area contributed by atoms with E-state index in [4.69, 9.17) is 0 Å². The first kappa shape index (κ1) is 15.8. The highest BCUT2D eigenvalue weighted by atomic mass is 32.2. The fourth-order valence-electron chi connectivity index (χ4n) is 1.84. The molecule has 0 aliphatic rings. The van der Waals surface area contributed by atoms with Crippen LogP contribution in [0.25, 0.3) is 0 Å². The predicted octanol–water partition coefficient (Wildman–Crippen LogP) is 1.71. The minimum Gasteiger partial charge on any atom is -0.312 e. The summed E-state index contributed by atoms with van der Waals surface area (Å²) in [6.07, 6.45) is 1.87. The summed E-state index contributed by atoms with van der Waals surface area (Å²) in [7, 11) is 1.69. The van der Waals surface area contributed by atoms with Crippen LogP contribution in [-0.2, 0) is 13.6 Å². The van der Waals surface area contributed by atoms with Gasteiger partial charge in [0.1, 0.15) is 5.03 Å². The van der Waals surface area contributed by atoms with Crippen molar-refractivity contribution in [2.24, 2.45) is 13.0 Å². The van der Waals surface area contributed by atoms with Crippen LogP contribution in [0.4, 0.5) is 0 Å². The zero-order valence-corrected chi connectivity index (χ0v) is 13.6. The van der Waals surface area contributed by atoms with Gasteiger partial charge in [-0.25, -0.2) is 14.9 Å². The molecular weight excluding hydrogens is 286 g/mol. The Labute approximate surface area is 128 Å². The number of hydrogen-bond donors (Lipinski definition) is 2. The minimum atomic E-state index is -0.218. The first-order valence-electron chi connectivity index (χ1n) is 6.93. The van der Waals surface area contributed by atoms with E-state index in [1.165, 1.54) is 16.3 Å². The zero-order valence-electron chi connectivity index (χ0n) is 12.8. The standard InChI is InChI=1S/C14H21N5OS/c1-9(2)6-15-7-11-5-10(3)12(16-8-11)21-14-18-17-13(20)19(14)4/h5,8-9,15H,6-7H2,1-4H3,(H,17,20). The molecule has 2 heterocycles. The van der Waals surface area contributed by atoms with E-state index in [0.717, 1.165) is 29.2 Å². The third-order valence-electron chi connectivity index (χ3n) is 3.00. The van der Waals surface area contributed by atoms with E-state index in [-0.39, 0.29) is 5.69 Å².